The van der Waals surface area contributed by atoms with Crippen molar-refractivity contribution in [3.63, 3.8) is 0 Å². The number of nitrogens with zero attached hydrogens (tertiary/aromatic N) is 2. The molecule has 124 valence electrons. The van der Waals surface area contributed by atoms with Crippen LogP contribution in [0.3, 0.4) is 0 Å². The van der Waals surface area contributed by atoms with Crippen molar-refractivity contribution in [1.29, 1.82) is 0 Å². The molecule has 1 heterocycles. The Bertz CT molecular complexity index is 667. The number of nitrogens with one attached hydrogen (secondary N) is 2. The van der Waals surface area contributed by atoms with Crippen molar-refractivity contribution in [2.24, 2.45) is 7.05 Å². The van der Waals surface area contributed by atoms with Gasteiger partial charge in [0.25, 0.3) is 0 Å². The smallest absolute Gasteiger partial charge is 0.225 e. The number of rotatable bonds is 7. The summed E-state index contributed by atoms with van der Waals surface area (Å²) in [5.74, 6) is 0.726. The number of amides is 1. The summed E-state index contributed by atoms with van der Waals surface area (Å²) in [4.78, 5) is 11.9. The number of aryl methyl sites for hydroxylation is 2. The first kappa shape index (κ1) is 17.5. The molecule has 2 rings (SSSR count). The summed E-state index contributed by atoms with van der Waals surface area (Å²) in [6, 6.07) is 7.51. The number of carbonyl (C=O) groups is 1. The Balaban J connectivity index is 1.77. The highest BCUT2D eigenvalue weighted by atomic mass is 79.9. The molecule has 2 aromatic rings. The minimum atomic E-state index is -0.0188. The standard InChI is InChI=1S/C16H21BrN4O2/c1-11-14(16(23-3)21(2)20-11)10-18-9-8-15(22)19-13-6-4-12(17)5-7-13/h4-7,18H,8-10H2,1-3H3,(H,19,22). The Morgan fingerprint density at radius 2 is 2.04 bits per heavy atom. The van der Waals surface area contributed by atoms with E-state index in [9.17, 15) is 4.79 Å². The third-order valence-electron chi connectivity index (χ3n) is 3.44. The lowest BCUT2D eigenvalue weighted by molar-refractivity contribution is -0.116. The van der Waals surface area contributed by atoms with Crippen molar-refractivity contribution < 1.29 is 9.53 Å². The van der Waals surface area contributed by atoms with Gasteiger partial charge in [0.2, 0.25) is 11.8 Å². The first-order valence-electron chi connectivity index (χ1n) is 7.34. The average molecular weight is 381 g/mol. The van der Waals surface area contributed by atoms with Crippen LogP contribution in [0.4, 0.5) is 5.69 Å². The number of halogens is 1. The van der Waals surface area contributed by atoms with Crippen molar-refractivity contribution in [3.8, 4) is 5.88 Å². The molecule has 0 unspecified atom stereocenters. The van der Waals surface area contributed by atoms with E-state index in [-0.39, 0.29) is 5.91 Å². The second kappa shape index (κ2) is 8.12. The lowest BCUT2D eigenvalue weighted by Gasteiger charge is -2.08. The van der Waals surface area contributed by atoms with Gasteiger partial charge in [-0.05, 0) is 31.2 Å². The highest BCUT2D eigenvalue weighted by molar-refractivity contribution is 9.10. The average Bonchev–Trinajstić information content (AvgIpc) is 2.79. The van der Waals surface area contributed by atoms with Crippen LogP contribution >= 0.6 is 15.9 Å². The number of ether oxygens (including phenoxy) is 1. The van der Waals surface area contributed by atoms with Crippen molar-refractivity contribution in [2.75, 3.05) is 19.0 Å². The lowest BCUT2D eigenvalue weighted by Crippen LogP contribution is -2.21. The first-order chi connectivity index (χ1) is 11.0. The van der Waals surface area contributed by atoms with Gasteiger partial charge in [-0.3, -0.25) is 4.79 Å². The van der Waals surface area contributed by atoms with Crippen LogP contribution in [-0.2, 0) is 18.4 Å². The zero-order chi connectivity index (χ0) is 16.8. The maximum absolute atomic E-state index is 11.9. The van der Waals surface area contributed by atoms with Crippen LogP contribution in [0.1, 0.15) is 17.7 Å². The zero-order valence-corrected chi connectivity index (χ0v) is 15.1. The minimum absolute atomic E-state index is 0.0188. The Kier molecular flexibility index (Phi) is 6.18. The van der Waals surface area contributed by atoms with Crippen LogP contribution < -0.4 is 15.4 Å². The molecule has 0 saturated carbocycles. The molecule has 0 atom stereocenters. The van der Waals surface area contributed by atoms with Gasteiger partial charge in [-0.25, -0.2) is 4.68 Å². The van der Waals surface area contributed by atoms with Crippen molar-refractivity contribution >= 4 is 27.5 Å². The number of aromatic nitrogens is 2. The SMILES string of the molecule is COc1c(CNCCC(=O)Nc2ccc(Br)cc2)c(C)nn1C. The molecule has 0 aliphatic carbocycles. The monoisotopic (exact) mass is 380 g/mol. The van der Waals surface area contributed by atoms with E-state index in [2.05, 4.69) is 31.7 Å². The van der Waals surface area contributed by atoms with Crippen molar-refractivity contribution in [3.05, 3.63) is 40.0 Å². The number of methoxy groups -OCH3 is 1. The van der Waals surface area contributed by atoms with Crippen LogP contribution in [0, 0.1) is 6.92 Å². The third kappa shape index (κ3) is 4.80. The third-order valence-corrected chi connectivity index (χ3v) is 3.97. The van der Waals surface area contributed by atoms with E-state index in [4.69, 9.17) is 4.74 Å². The van der Waals surface area contributed by atoms with Gasteiger partial charge in [0, 0.05) is 36.7 Å². The quantitative estimate of drug-likeness (QED) is 0.724. The molecule has 0 spiro atoms. The molecule has 0 aliphatic rings. The molecule has 7 heteroatoms. The van der Waals surface area contributed by atoms with E-state index in [0.717, 1.165) is 27.3 Å². The van der Waals surface area contributed by atoms with Gasteiger partial charge < -0.3 is 15.4 Å². The Labute approximate surface area is 144 Å². The highest BCUT2D eigenvalue weighted by Gasteiger charge is 2.13. The number of hydrogen-bond donors (Lipinski definition) is 2. The number of carbonyl (C=O) groups excluding carboxylic acids is 1. The first-order valence-corrected chi connectivity index (χ1v) is 8.13. The van der Waals surface area contributed by atoms with Gasteiger partial charge in [-0.15, -0.1) is 0 Å². The Morgan fingerprint density at radius 3 is 2.70 bits per heavy atom. The predicted octanol–water partition coefficient (Wildman–Crippen LogP) is 2.62. The lowest BCUT2D eigenvalue weighted by atomic mass is 10.2. The molecule has 2 N–H and O–H groups in total. The fraction of sp³-hybridized carbons (Fsp3) is 0.375. The molecule has 23 heavy (non-hydrogen) atoms. The van der Waals surface area contributed by atoms with E-state index in [1.165, 1.54) is 0 Å². The second-order valence-corrected chi connectivity index (χ2v) is 6.09. The van der Waals surface area contributed by atoms with Gasteiger partial charge in [0.1, 0.15) is 0 Å². The van der Waals surface area contributed by atoms with Crippen molar-refractivity contribution in [1.82, 2.24) is 15.1 Å². The predicted molar refractivity (Wildman–Crippen MR) is 93.6 cm³/mol. The molecular weight excluding hydrogens is 360 g/mol. The fourth-order valence-electron chi connectivity index (χ4n) is 2.31. The van der Waals surface area contributed by atoms with E-state index in [1.54, 1.807) is 11.8 Å². The van der Waals surface area contributed by atoms with Gasteiger partial charge in [0.15, 0.2) is 0 Å². The van der Waals surface area contributed by atoms with Crippen LogP contribution in [0.15, 0.2) is 28.7 Å². The van der Waals surface area contributed by atoms with Gasteiger partial charge in [-0.2, -0.15) is 5.10 Å². The summed E-state index contributed by atoms with van der Waals surface area (Å²) in [7, 11) is 3.48. The van der Waals surface area contributed by atoms with Crippen LogP contribution in [0.2, 0.25) is 0 Å². The second-order valence-electron chi connectivity index (χ2n) is 5.18. The summed E-state index contributed by atoms with van der Waals surface area (Å²) in [5, 5.41) is 10.4. The van der Waals surface area contributed by atoms with E-state index < -0.39 is 0 Å². The largest absolute Gasteiger partial charge is 0.481 e. The summed E-state index contributed by atoms with van der Waals surface area (Å²) < 4.78 is 8.04. The molecule has 6 nitrogen and oxygen atoms in total. The fourth-order valence-corrected chi connectivity index (χ4v) is 2.58. The van der Waals surface area contributed by atoms with Gasteiger partial charge in [0.05, 0.1) is 18.4 Å². The zero-order valence-electron chi connectivity index (χ0n) is 13.5. The van der Waals surface area contributed by atoms with Gasteiger partial charge >= 0.3 is 0 Å². The molecule has 1 aromatic carbocycles. The minimum Gasteiger partial charge on any atom is -0.481 e. The molecule has 0 radical (unpaired) electrons. The number of hydrogen-bond acceptors (Lipinski definition) is 4. The molecule has 0 fully saturated rings. The summed E-state index contributed by atoms with van der Waals surface area (Å²) in [5.41, 5.74) is 2.74. The molecular formula is C16H21BrN4O2. The van der Waals surface area contributed by atoms with Crippen molar-refractivity contribution in [2.45, 2.75) is 19.9 Å². The molecule has 1 amide bonds. The maximum Gasteiger partial charge on any atom is 0.225 e. The maximum atomic E-state index is 11.9. The summed E-state index contributed by atoms with van der Waals surface area (Å²) >= 11 is 3.36. The topological polar surface area (TPSA) is 68.2 Å². The summed E-state index contributed by atoms with van der Waals surface area (Å²) in [6.45, 7) is 3.15. The summed E-state index contributed by atoms with van der Waals surface area (Å²) in [6.07, 6.45) is 0.400. The molecule has 0 bridgehead atoms. The number of anilines is 1. The molecule has 0 aliphatic heterocycles. The van der Waals surface area contributed by atoms with Crippen LogP contribution in [0.25, 0.3) is 0 Å². The van der Waals surface area contributed by atoms with Crippen LogP contribution in [-0.4, -0.2) is 29.3 Å². The highest BCUT2D eigenvalue weighted by Crippen LogP contribution is 2.20. The van der Waals surface area contributed by atoms with E-state index >= 15 is 0 Å². The van der Waals surface area contributed by atoms with Gasteiger partial charge in [-0.1, -0.05) is 15.9 Å². The molecule has 0 saturated heterocycles. The normalized spacial score (nSPS) is 10.6. The van der Waals surface area contributed by atoms with E-state index in [1.807, 2.05) is 38.2 Å². The Morgan fingerprint density at radius 1 is 1.35 bits per heavy atom. The Hall–Kier alpha value is -1.86. The number of benzene rings is 1. The van der Waals surface area contributed by atoms with Crippen LogP contribution in [0.5, 0.6) is 5.88 Å². The van der Waals surface area contributed by atoms with E-state index in [0.29, 0.717) is 19.5 Å². The molecule has 1 aromatic heterocycles.